The molecule has 1 aromatic rings. The molecule has 0 heterocycles. The predicted molar refractivity (Wildman–Crippen MR) is 118 cm³/mol. The summed E-state index contributed by atoms with van der Waals surface area (Å²) in [6.07, 6.45) is 22.2. The Morgan fingerprint density at radius 2 is 1.14 bits per heavy atom. The largest absolute Gasteiger partial charge is 0.507 e. The Balaban J connectivity index is 1.90. The molecule has 160 valence electrons. The van der Waals surface area contributed by atoms with Crippen LogP contribution in [0.1, 0.15) is 126 Å². The van der Waals surface area contributed by atoms with Crippen LogP contribution >= 0.6 is 0 Å². The molecule has 1 rings (SSSR count). The molecule has 1 aromatic carbocycles. The topological polar surface area (TPSA) is 57.5 Å². The second-order valence-corrected chi connectivity index (χ2v) is 8.17. The van der Waals surface area contributed by atoms with Crippen molar-refractivity contribution in [3.05, 3.63) is 29.3 Å². The first-order chi connectivity index (χ1) is 13.7. The zero-order valence-corrected chi connectivity index (χ0v) is 18.1. The van der Waals surface area contributed by atoms with E-state index in [0.717, 1.165) is 24.8 Å². The summed E-state index contributed by atoms with van der Waals surface area (Å²) < 4.78 is 0. The van der Waals surface area contributed by atoms with Gasteiger partial charge in [-0.2, -0.15) is 0 Å². The highest BCUT2D eigenvalue weighted by molar-refractivity contribution is 5.91. The minimum absolute atomic E-state index is 0.00833. The van der Waals surface area contributed by atoms with Crippen LogP contribution < -0.4 is 0 Å². The highest BCUT2D eigenvalue weighted by Gasteiger charge is 2.12. The Hall–Kier alpha value is -1.51. The lowest BCUT2D eigenvalue weighted by Gasteiger charge is -2.07. The molecule has 3 nitrogen and oxygen atoms in total. The van der Waals surface area contributed by atoms with Crippen LogP contribution in [-0.4, -0.2) is 16.2 Å². The molecule has 0 amide bonds. The zero-order chi connectivity index (χ0) is 20.5. The minimum Gasteiger partial charge on any atom is -0.507 e. The summed E-state index contributed by atoms with van der Waals surface area (Å²) >= 11 is 0. The molecule has 0 spiro atoms. The fourth-order valence-electron chi connectivity index (χ4n) is 3.83. The molecule has 0 fully saturated rings. The molecule has 0 unspecified atom stereocenters. The highest BCUT2D eigenvalue weighted by Crippen LogP contribution is 2.24. The van der Waals surface area contributed by atoms with E-state index in [1.807, 2.05) is 6.07 Å². The average molecular weight is 391 g/mol. The number of carbonyl (C=O) groups is 1. The fraction of sp³-hybridized carbons (Fsp3) is 0.720. The van der Waals surface area contributed by atoms with Crippen LogP contribution in [0.3, 0.4) is 0 Å². The second kappa shape index (κ2) is 16.4. The van der Waals surface area contributed by atoms with Gasteiger partial charge in [0.25, 0.3) is 0 Å². The number of aryl methyl sites for hydroxylation is 1. The van der Waals surface area contributed by atoms with Crippen molar-refractivity contribution < 1.29 is 15.0 Å². The van der Waals surface area contributed by atoms with Crippen LogP contribution in [0.25, 0.3) is 0 Å². The Bertz CT molecular complexity index is 525. The molecular formula is C25H42O3. The molecule has 0 saturated carbocycles. The molecule has 0 saturated heterocycles. The smallest absolute Gasteiger partial charge is 0.339 e. The second-order valence-electron chi connectivity index (χ2n) is 8.17. The summed E-state index contributed by atoms with van der Waals surface area (Å²) in [5.41, 5.74) is 0.763. The summed E-state index contributed by atoms with van der Waals surface area (Å²) in [6.45, 7) is 2.27. The number of rotatable bonds is 18. The minimum atomic E-state index is -1.06. The molecule has 28 heavy (non-hydrogen) atoms. The van der Waals surface area contributed by atoms with Crippen LogP contribution in [0, 0.1) is 0 Å². The van der Waals surface area contributed by atoms with Gasteiger partial charge < -0.3 is 10.2 Å². The molecule has 0 aliphatic rings. The summed E-state index contributed by atoms with van der Waals surface area (Å²) in [5, 5.41) is 19.0. The number of hydrogen-bond acceptors (Lipinski definition) is 2. The predicted octanol–water partition coefficient (Wildman–Crippen LogP) is 7.89. The van der Waals surface area contributed by atoms with E-state index in [1.165, 1.54) is 96.0 Å². The van der Waals surface area contributed by atoms with Gasteiger partial charge >= 0.3 is 5.97 Å². The van der Waals surface area contributed by atoms with Gasteiger partial charge in [0.05, 0.1) is 0 Å². The monoisotopic (exact) mass is 390 g/mol. The van der Waals surface area contributed by atoms with E-state index in [9.17, 15) is 9.90 Å². The average Bonchev–Trinajstić information content (AvgIpc) is 2.68. The van der Waals surface area contributed by atoms with E-state index in [1.54, 1.807) is 6.07 Å². The van der Waals surface area contributed by atoms with Crippen molar-refractivity contribution in [2.24, 2.45) is 0 Å². The maximum atomic E-state index is 11.0. The Morgan fingerprint density at radius 1 is 0.714 bits per heavy atom. The molecule has 2 N–H and O–H groups in total. The van der Waals surface area contributed by atoms with Gasteiger partial charge in [0.15, 0.2) is 0 Å². The van der Waals surface area contributed by atoms with Crippen LogP contribution in [0.4, 0.5) is 0 Å². The van der Waals surface area contributed by atoms with Gasteiger partial charge in [-0.05, 0) is 24.5 Å². The van der Waals surface area contributed by atoms with Gasteiger partial charge in [-0.25, -0.2) is 4.79 Å². The van der Waals surface area contributed by atoms with E-state index >= 15 is 0 Å². The van der Waals surface area contributed by atoms with Crippen molar-refractivity contribution in [2.45, 2.75) is 116 Å². The molecule has 0 atom stereocenters. The summed E-state index contributed by atoms with van der Waals surface area (Å²) in [4.78, 5) is 11.0. The van der Waals surface area contributed by atoms with E-state index in [0.29, 0.717) is 0 Å². The molecule has 0 bridgehead atoms. The van der Waals surface area contributed by atoms with Gasteiger partial charge in [-0.3, -0.25) is 0 Å². The van der Waals surface area contributed by atoms with E-state index in [-0.39, 0.29) is 11.3 Å². The Morgan fingerprint density at radius 3 is 1.57 bits per heavy atom. The standard InChI is InChI=1S/C25H42O3/c1-2-3-4-5-6-7-8-9-10-11-12-13-14-15-16-17-19-22-20-18-21-23(24(22)26)25(27)28/h18,20-21,26H,2-17,19H2,1H3,(H,27,28). The van der Waals surface area contributed by atoms with E-state index < -0.39 is 5.97 Å². The number of aromatic carboxylic acids is 1. The van der Waals surface area contributed by atoms with Gasteiger partial charge in [0.1, 0.15) is 11.3 Å². The molecule has 0 aliphatic carbocycles. The maximum Gasteiger partial charge on any atom is 0.339 e. The lowest BCUT2D eigenvalue weighted by molar-refractivity contribution is 0.0693. The molecular weight excluding hydrogens is 348 g/mol. The third-order valence-electron chi connectivity index (χ3n) is 5.65. The normalized spacial score (nSPS) is 11.0. The van der Waals surface area contributed by atoms with Crippen molar-refractivity contribution >= 4 is 5.97 Å². The summed E-state index contributed by atoms with van der Waals surface area (Å²) in [7, 11) is 0. The van der Waals surface area contributed by atoms with Crippen molar-refractivity contribution in [3.8, 4) is 5.75 Å². The van der Waals surface area contributed by atoms with Crippen LogP contribution in [0.5, 0.6) is 5.75 Å². The zero-order valence-electron chi connectivity index (χ0n) is 18.1. The third kappa shape index (κ3) is 11.4. The first kappa shape index (κ1) is 24.5. The van der Waals surface area contributed by atoms with Crippen LogP contribution in [-0.2, 0) is 6.42 Å². The van der Waals surface area contributed by atoms with E-state index in [4.69, 9.17) is 5.11 Å². The lowest BCUT2D eigenvalue weighted by Crippen LogP contribution is -1.99. The number of carboxylic acids is 1. The number of hydrogen-bond donors (Lipinski definition) is 2. The Labute approximate surface area is 172 Å². The van der Waals surface area contributed by atoms with Gasteiger partial charge in [0.2, 0.25) is 0 Å². The van der Waals surface area contributed by atoms with Crippen molar-refractivity contribution in [1.29, 1.82) is 0 Å². The molecule has 0 aromatic heterocycles. The van der Waals surface area contributed by atoms with E-state index in [2.05, 4.69) is 6.92 Å². The lowest BCUT2D eigenvalue weighted by atomic mass is 10.0. The van der Waals surface area contributed by atoms with Crippen molar-refractivity contribution in [3.63, 3.8) is 0 Å². The molecule has 3 heteroatoms. The van der Waals surface area contributed by atoms with Crippen LogP contribution in [0.15, 0.2) is 18.2 Å². The SMILES string of the molecule is CCCCCCCCCCCCCCCCCCc1cccc(C(=O)O)c1O. The van der Waals surface area contributed by atoms with Crippen molar-refractivity contribution in [2.75, 3.05) is 0 Å². The molecule has 0 aliphatic heterocycles. The Kier molecular flexibility index (Phi) is 14.4. The number of unbranched alkanes of at least 4 members (excludes halogenated alkanes) is 15. The number of benzene rings is 1. The molecule has 0 radical (unpaired) electrons. The quantitative estimate of drug-likeness (QED) is 0.250. The summed E-state index contributed by atoms with van der Waals surface area (Å²) in [6, 6.07) is 4.99. The number of aromatic hydroxyl groups is 1. The number of carboxylic acid groups (broad SMARTS) is 1. The van der Waals surface area contributed by atoms with Crippen LogP contribution in [0.2, 0.25) is 0 Å². The number of phenols is 1. The van der Waals surface area contributed by atoms with Gasteiger partial charge in [-0.1, -0.05) is 115 Å². The summed E-state index contributed by atoms with van der Waals surface area (Å²) in [5.74, 6) is -1.12. The fourth-order valence-corrected chi connectivity index (χ4v) is 3.83. The van der Waals surface area contributed by atoms with Gasteiger partial charge in [0, 0.05) is 0 Å². The third-order valence-corrected chi connectivity index (χ3v) is 5.65. The first-order valence-electron chi connectivity index (χ1n) is 11.7. The number of para-hydroxylation sites is 1. The van der Waals surface area contributed by atoms with Crippen molar-refractivity contribution in [1.82, 2.24) is 0 Å². The first-order valence-corrected chi connectivity index (χ1v) is 11.7. The van der Waals surface area contributed by atoms with Gasteiger partial charge in [-0.15, -0.1) is 0 Å². The highest BCUT2D eigenvalue weighted by atomic mass is 16.4. The maximum absolute atomic E-state index is 11.0.